The third-order valence-corrected chi connectivity index (χ3v) is 3.62. The van der Waals surface area contributed by atoms with E-state index in [1.807, 2.05) is 0 Å². The average molecular weight is 233 g/mol. The molecule has 0 radical (unpaired) electrons. The molecule has 2 N–H and O–H groups in total. The largest absolute Gasteiger partial charge is 0.393 e. The maximum Gasteiger partial charge on any atom is 0.0543 e. The van der Waals surface area contributed by atoms with Crippen LogP contribution < -0.4 is 5.32 Å². The highest BCUT2D eigenvalue weighted by Crippen LogP contribution is 2.23. The van der Waals surface area contributed by atoms with Gasteiger partial charge in [0.15, 0.2) is 0 Å². The van der Waals surface area contributed by atoms with Gasteiger partial charge in [-0.2, -0.15) is 0 Å². The van der Waals surface area contributed by atoms with Gasteiger partial charge >= 0.3 is 0 Å². The number of benzene rings is 1. The van der Waals surface area contributed by atoms with Crippen LogP contribution in [0.5, 0.6) is 0 Å². The SMILES string of the molecule is OC1CCCC(CNCCc2ccccc2)C1. The van der Waals surface area contributed by atoms with E-state index in [-0.39, 0.29) is 6.10 Å². The molecule has 17 heavy (non-hydrogen) atoms. The van der Waals surface area contributed by atoms with Crippen LogP contribution in [-0.4, -0.2) is 24.3 Å². The van der Waals surface area contributed by atoms with E-state index in [0.717, 1.165) is 32.4 Å². The summed E-state index contributed by atoms with van der Waals surface area (Å²) in [6.07, 6.45) is 5.49. The molecule has 1 aliphatic carbocycles. The van der Waals surface area contributed by atoms with E-state index in [1.54, 1.807) is 0 Å². The molecule has 1 aliphatic rings. The van der Waals surface area contributed by atoms with Crippen LogP contribution in [0.4, 0.5) is 0 Å². The molecule has 0 amide bonds. The van der Waals surface area contributed by atoms with Crippen molar-refractivity contribution >= 4 is 0 Å². The second-order valence-electron chi connectivity index (χ2n) is 5.13. The van der Waals surface area contributed by atoms with Crippen molar-refractivity contribution in [3.8, 4) is 0 Å². The van der Waals surface area contributed by atoms with E-state index in [9.17, 15) is 5.11 Å². The molecule has 2 rings (SSSR count). The van der Waals surface area contributed by atoms with E-state index in [1.165, 1.54) is 18.4 Å². The molecule has 0 saturated heterocycles. The zero-order valence-corrected chi connectivity index (χ0v) is 10.4. The van der Waals surface area contributed by atoms with Gasteiger partial charge in [0.25, 0.3) is 0 Å². The molecule has 94 valence electrons. The van der Waals surface area contributed by atoms with Crippen molar-refractivity contribution in [2.75, 3.05) is 13.1 Å². The molecule has 2 unspecified atom stereocenters. The van der Waals surface area contributed by atoms with E-state index in [0.29, 0.717) is 5.92 Å². The lowest BCUT2D eigenvalue weighted by Gasteiger charge is -2.26. The predicted molar refractivity (Wildman–Crippen MR) is 71.0 cm³/mol. The minimum Gasteiger partial charge on any atom is -0.393 e. The second-order valence-corrected chi connectivity index (χ2v) is 5.13. The molecular weight excluding hydrogens is 210 g/mol. The van der Waals surface area contributed by atoms with Crippen LogP contribution in [0.2, 0.25) is 0 Å². The standard InChI is InChI=1S/C15H23NO/c17-15-8-4-7-14(11-15)12-16-10-9-13-5-2-1-3-6-13/h1-3,5-6,14-17H,4,7-12H2. The summed E-state index contributed by atoms with van der Waals surface area (Å²) in [4.78, 5) is 0. The Bertz CT molecular complexity index is 312. The Hall–Kier alpha value is -0.860. The molecule has 2 heteroatoms. The first-order valence-electron chi connectivity index (χ1n) is 6.77. The monoisotopic (exact) mass is 233 g/mol. The molecule has 1 aromatic rings. The molecular formula is C15H23NO. The number of hydrogen-bond acceptors (Lipinski definition) is 2. The van der Waals surface area contributed by atoms with Gasteiger partial charge in [0, 0.05) is 0 Å². The topological polar surface area (TPSA) is 32.3 Å². The minimum atomic E-state index is -0.0512. The Balaban J connectivity index is 1.60. The minimum absolute atomic E-state index is 0.0512. The normalized spacial score (nSPS) is 24.8. The Labute approximate surface area is 104 Å². The molecule has 1 fully saturated rings. The molecule has 0 bridgehead atoms. The number of rotatable bonds is 5. The van der Waals surface area contributed by atoms with Gasteiger partial charge < -0.3 is 10.4 Å². The fourth-order valence-electron chi connectivity index (χ4n) is 2.63. The molecule has 0 aliphatic heterocycles. The molecule has 2 nitrogen and oxygen atoms in total. The van der Waals surface area contributed by atoms with E-state index in [2.05, 4.69) is 35.6 Å². The lowest BCUT2D eigenvalue weighted by atomic mass is 9.87. The van der Waals surface area contributed by atoms with E-state index < -0.39 is 0 Å². The zero-order chi connectivity index (χ0) is 11.9. The smallest absolute Gasteiger partial charge is 0.0543 e. The average Bonchev–Trinajstić information content (AvgIpc) is 2.36. The van der Waals surface area contributed by atoms with Crippen LogP contribution in [-0.2, 0) is 6.42 Å². The van der Waals surface area contributed by atoms with Gasteiger partial charge in [-0.15, -0.1) is 0 Å². The van der Waals surface area contributed by atoms with Gasteiger partial charge in [0.1, 0.15) is 0 Å². The van der Waals surface area contributed by atoms with Gasteiger partial charge in [0.05, 0.1) is 6.10 Å². The zero-order valence-electron chi connectivity index (χ0n) is 10.4. The Morgan fingerprint density at radius 2 is 2.00 bits per heavy atom. The fourth-order valence-corrected chi connectivity index (χ4v) is 2.63. The van der Waals surface area contributed by atoms with Gasteiger partial charge in [-0.05, 0) is 50.3 Å². The quantitative estimate of drug-likeness (QED) is 0.765. The van der Waals surface area contributed by atoms with Crippen molar-refractivity contribution in [2.45, 2.75) is 38.2 Å². The van der Waals surface area contributed by atoms with Crippen molar-refractivity contribution in [2.24, 2.45) is 5.92 Å². The summed E-state index contributed by atoms with van der Waals surface area (Å²) >= 11 is 0. The van der Waals surface area contributed by atoms with Crippen LogP contribution in [0.25, 0.3) is 0 Å². The Morgan fingerprint density at radius 1 is 1.18 bits per heavy atom. The van der Waals surface area contributed by atoms with Crippen LogP contribution >= 0.6 is 0 Å². The van der Waals surface area contributed by atoms with Gasteiger partial charge in [-0.1, -0.05) is 36.8 Å². The van der Waals surface area contributed by atoms with E-state index in [4.69, 9.17) is 0 Å². The molecule has 0 aromatic heterocycles. The number of hydrogen-bond donors (Lipinski definition) is 2. The number of aliphatic hydroxyl groups excluding tert-OH is 1. The highest BCUT2D eigenvalue weighted by Gasteiger charge is 2.19. The Morgan fingerprint density at radius 3 is 2.76 bits per heavy atom. The van der Waals surface area contributed by atoms with Crippen LogP contribution in [0.3, 0.4) is 0 Å². The highest BCUT2D eigenvalue weighted by atomic mass is 16.3. The van der Waals surface area contributed by atoms with Gasteiger partial charge in [0.2, 0.25) is 0 Å². The maximum atomic E-state index is 9.59. The van der Waals surface area contributed by atoms with Gasteiger partial charge in [-0.25, -0.2) is 0 Å². The molecule has 0 heterocycles. The van der Waals surface area contributed by atoms with Crippen molar-refractivity contribution in [1.82, 2.24) is 5.32 Å². The molecule has 2 atom stereocenters. The third-order valence-electron chi connectivity index (χ3n) is 3.62. The third kappa shape index (κ3) is 4.49. The first-order valence-corrected chi connectivity index (χ1v) is 6.77. The summed E-state index contributed by atoms with van der Waals surface area (Å²) in [5.74, 6) is 0.675. The second kappa shape index (κ2) is 6.77. The van der Waals surface area contributed by atoms with Gasteiger partial charge in [-0.3, -0.25) is 0 Å². The summed E-state index contributed by atoms with van der Waals surface area (Å²) in [5.41, 5.74) is 1.39. The fraction of sp³-hybridized carbons (Fsp3) is 0.600. The summed E-state index contributed by atoms with van der Waals surface area (Å²) in [6, 6.07) is 10.6. The summed E-state index contributed by atoms with van der Waals surface area (Å²) < 4.78 is 0. The van der Waals surface area contributed by atoms with Crippen molar-refractivity contribution in [3.63, 3.8) is 0 Å². The highest BCUT2D eigenvalue weighted by molar-refractivity contribution is 5.14. The first kappa shape index (κ1) is 12.6. The molecule has 1 saturated carbocycles. The van der Waals surface area contributed by atoms with Crippen LogP contribution in [0.15, 0.2) is 30.3 Å². The lowest BCUT2D eigenvalue weighted by molar-refractivity contribution is 0.101. The van der Waals surface area contributed by atoms with Crippen molar-refractivity contribution < 1.29 is 5.11 Å². The molecule has 1 aromatic carbocycles. The number of nitrogens with one attached hydrogen (secondary N) is 1. The molecule has 0 spiro atoms. The van der Waals surface area contributed by atoms with E-state index >= 15 is 0 Å². The maximum absolute atomic E-state index is 9.59. The van der Waals surface area contributed by atoms with Crippen molar-refractivity contribution in [1.29, 1.82) is 0 Å². The van der Waals surface area contributed by atoms with Crippen LogP contribution in [0.1, 0.15) is 31.2 Å². The summed E-state index contributed by atoms with van der Waals surface area (Å²) in [6.45, 7) is 2.10. The number of aliphatic hydroxyl groups is 1. The van der Waals surface area contributed by atoms with Crippen LogP contribution in [0, 0.1) is 5.92 Å². The summed E-state index contributed by atoms with van der Waals surface area (Å²) in [7, 11) is 0. The summed E-state index contributed by atoms with van der Waals surface area (Å²) in [5, 5.41) is 13.1. The Kier molecular flexibility index (Phi) is 5.02. The predicted octanol–water partition coefficient (Wildman–Crippen LogP) is 2.37. The van der Waals surface area contributed by atoms with Crippen molar-refractivity contribution in [3.05, 3.63) is 35.9 Å². The lowest BCUT2D eigenvalue weighted by Crippen LogP contribution is -2.30. The first-order chi connectivity index (χ1) is 8.34.